The topological polar surface area (TPSA) is 36.4 Å². The first-order chi connectivity index (χ1) is 10.3. The molecule has 0 atom stereocenters. The molecule has 1 aliphatic rings. The second-order valence-corrected chi connectivity index (χ2v) is 5.40. The van der Waals surface area contributed by atoms with Gasteiger partial charge in [0.2, 0.25) is 0 Å². The first-order valence-electron chi connectivity index (χ1n) is 6.93. The zero-order chi connectivity index (χ0) is 14.7. The third-order valence-electron chi connectivity index (χ3n) is 3.70. The summed E-state index contributed by atoms with van der Waals surface area (Å²) in [5.41, 5.74) is 1.60. The Morgan fingerprint density at radius 2 is 1.81 bits per heavy atom. The van der Waals surface area contributed by atoms with E-state index in [0.29, 0.717) is 10.6 Å². The molecule has 2 heterocycles. The van der Waals surface area contributed by atoms with Crippen molar-refractivity contribution in [3.8, 4) is 0 Å². The van der Waals surface area contributed by atoms with Gasteiger partial charge in [0.25, 0.3) is 0 Å². The van der Waals surface area contributed by atoms with Gasteiger partial charge in [-0.2, -0.15) is 0 Å². The summed E-state index contributed by atoms with van der Waals surface area (Å²) < 4.78 is 0. The van der Waals surface area contributed by atoms with Crippen molar-refractivity contribution in [3.05, 3.63) is 53.2 Å². The SMILES string of the molecule is O=Cc1ccc(N2CCN(c3ccccn3)CC2)c(Cl)c1. The first kappa shape index (κ1) is 13.9. The van der Waals surface area contributed by atoms with Gasteiger partial charge < -0.3 is 9.80 Å². The van der Waals surface area contributed by atoms with Gasteiger partial charge in [-0.05, 0) is 30.3 Å². The Bertz CT molecular complexity index is 625. The van der Waals surface area contributed by atoms with Crippen molar-refractivity contribution in [1.29, 1.82) is 0 Å². The summed E-state index contributed by atoms with van der Waals surface area (Å²) in [5, 5.41) is 0.630. The predicted molar refractivity (Wildman–Crippen MR) is 85.5 cm³/mol. The number of piperazine rings is 1. The van der Waals surface area contributed by atoms with Crippen LogP contribution in [0.15, 0.2) is 42.6 Å². The lowest BCUT2D eigenvalue weighted by molar-refractivity contribution is 0.112. The standard InChI is InChI=1S/C16H16ClN3O/c17-14-11-13(12-21)4-5-15(14)19-7-9-20(10-8-19)16-3-1-2-6-18-16/h1-6,11-12H,7-10H2. The average Bonchev–Trinajstić information content (AvgIpc) is 2.56. The number of halogens is 1. The minimum atomic E-state index is 0.607. The van der Waals surface area contributed by atoms with Crippen LogP contribution >= 0.6 is 11.6 Å². The van der Waals surface area contributed by atoms with Gasteiger partial charge >= 0.3 is 0 Å². The molecule has 1 fully saturated rings. The van der Waals surface area contributed by atoms with Gasteiger partial charge in [0.15, 0.2) is 0 Å². The van der Waals surface area contributed by atoms with Gasteiger partial charge in [0, 0.05) is 37.9 Å². The molecule has 0 unspecified atom stereocenters. The number of benzene rings is 1. The molecule has 21 heavy (non-hydrogen) atoms. The maximum Gasteiger partial charge on any atom is 0.150 e. The van der Waals surface area contributed by atoms with E-state index < -0.39 is 0 Å². The maximum atomic E-state index is 10.8. The third-order valence-corrected chi connectivity index (χ3v) is 4.00. The van der Waals surface area contributed by atoms with Gasteiger partial charge in [-0.3, -0.25) is 4.79 Å². The van der Waals surface area contributed by atoms with Crippen LogP contribution in [-0.4, -0.2) is 37.4 Å². The molecule has 0 aliphatic carbocycles. The Morgan fingerprint density at radius 3 is 2.43 bits per heavy atom. The second kappa shape index (κ2) is 6.14. The summed E-state index contributed by atoms with van der Waals surface area (Å²) in [4.78, 5) is 19.7. The molecular formula is C16H16ClN3O. The van der Waals surface area contributed by atoms with E-state index in [0.717, 1.165) is 44.0 Å². The Kier molecular flexibility index (Phi) is 4.06. The van der Waals surface area contributed by atoms with E-state index in [1.54, 1.807) is 12.1 Å². The van der Waals surface area contributed by atoms with E-state index in [4.69, 9.17) is 11.6 Å². The number of carbonyl (C=O) groups excluding carboxylic acids is 1. The Hall–Kier alpha value is -2.07. The molecule has 0 N–H and O–H groups in total. The number of hydrogen-bond donors (Lipinski definition) is 0. The van der Waals surface area contributed by atoms with Crippen molar-refractivity contribution in [2.24, 2.45) is 0 Å². The van der Waals surface area contributed by atoms with Gasteiger partial charge in [0.1, 0.15) is 12.1 Å². The van der Waals surface area contributed by atoms with Gasteiger partial charge in [0.05, 0.1) is 10.7 Å². The van der Waals surface area contributed by atoms with Crippen LogP contribution < -0.4 is 9.80 Å². The van der Waals surface area contributed by atoms with Gasteiger partial charge in [-0.15, -0.1) is 0 Å². The molecule has 0 saturated carbocycles. The minimum Gasteiger partial charge on any atom is -0.367 e. The van der Waals surface area contributed by atoms with E-state index in [-0.39, 0.29) is 0 Å². The highest BCUT2D eigenvalue weighted by Gasteiger charge is 2.19. The van der Waals surface area contributed by atoms with Gasteiger partial charge in [-0.1, -0.05) is 17.7 Å². The van der Waals surface area contributed by atoms with Crippen LogP contribution in [-0.2, 0) is 0 Å². The van der Waals surface area contributed by atoms with Crippen LogP contribution in [0, 0.1) is 0 Å². The van der Waals surface area contributed by atoms with E-state index >= 15 is 0 Å². The fraction of sp³-hybridized carbons (Fsp3) is 0.250. The van der Waals surface area contributed by atoms with Crippen LogP contribution in [0.5, 0.6) is 0 Å². The van der Waals surface area contributed by atoms with E-state index in [1.165, 1.54) is 0 Å². The normalized spacial score (nSPS) is 15.1. The number of nitrogens with zero attached hydrogens (tertiary/aromatic N) is 3. The molecule has 1 aromatic carbocycles. The largest absolute Gasteiger partial charge is 0.367 e. The fourth-order valence-corrected chi connectivity index (χ4v) is 2.88. The molecular weight excluding hydrogens is 286 g/mol. The zero-order valence-electron chi connectivity index (χ0n) is 11.6. The van der Waals surface area contributed by atoms with Crippen molar-refractivity contribution in [1.82, 2.24) is 4.98 Å². The average molecular weight is 302 g/mol. The zero-order valence-corrected chi connectivity index (χ0v) is 12.3. The van der Waals surface area contributed by atoms with Crippen LogP contribution in [0.2, 0.25) is 5.02 Å². The molecule has 1 aliphatic heterocycles. The number of aromatic nitrogens is 1. The van der Waals surface area contributed by atoms with Crippen molar-refractivity contribution in [2.45, 2.75) is 0 Å². The van der Waals surface area contributed by atoms with E-state index in [1.807, 2.05) is 30.5 Å². The molecule has 0 radical (unpaired) electrons. The molecule has 1 aromatic heterocycles. The van der Waals surface area contributed by atoms with Crippen LogP contribution in [0.1, 0.15) is 10.4 Å². The predicted octanol–water partition coefficient (Wildman–Crippen LogP) is 2.87. The molecule has 1 saturated heterocycles. The lowest BCUT2D eigenvalue weighted by atomic mass is 10.2. The summed E-state index contributed by atoms with van der Waals surface area (Å²) in [6, 6.07) is 11.4. The molecule has 3 rings (SSSR count). The first-order valence-corrected chi connectivity index (χ1v) is 7.31. The minimum absolute atomic E-state index is 0.607. The summed E-state index contributed by atoms with van der Waals surface area (Å²) in [7, 11) is 0. The van der Waals surface area contributed by atoms with E-state index in [9.17, 15) is 4.79 Å². The third kappa shape index (κ3) is 3.00. The summed E-state index contributed by atoms with van der Waals surface area (Å²) in [5.74, 6) is 1.01. The Morgan fingerprint density at radius 1 is 1.05 bits per heavy atom. The quantitative estimate of drug-likeness (QED) is 0.817. The molecule has 2 aromatic rings. The van der Waals surface area contributed by atoms with Crippen LogP contribution in [0.3, 0.4) is 0 Å². The Labute approximate surface area is 129 Å². The van der Waals surface area contributed by atoms with Crippen LogP contribution in [0.4, 0.5) is 11.5 Å². The Balaban J connectivity index is 1.70. The number of rotatable bonds is 3. The molecule has 4 nitrogen and oxygen atoms in total. The number of carbonyl (C=O) groups is 1. The van der Waals surface area contributed by atoms with Gasteiger partial charge in [-0.25, -0.2) is 4.98 Å². The maximum absolute atomic E-state index is 10.8. The summed E-state index contributed by atoms with van der Waals surface area (Å²) in [6.07, 6.45) is 2.63. The number of pyridine rings is 1. The van der Waals surface area contributed by atoms with Crippen molar-refractivity contribution in [2.75, 3.05) is 36.0 Å². The van der Waals surface area contributed by atoms with Crippen molar-refractivity contribution >= 4 is 29.4 Å². The number of aldehydes is 1. The second-order valence-electron chi connectivity index (χ2n) is 4.99. The van der Waals surface area contributed by atoms with E-state index in [2.05, 4.69) is 14.8 Å². The van der Waals surface area contributed by atoms with Crippen LogP contribution in [0.25, 0.3) is 0 Å². The molecule has 0 bridgehead atoms. The molecule has 108 valence electrons. The monoisotopic (exact) mass is 301 g/mol. The highest BCUT2D eigenvalue weighted by atomic mass is 35.5. The number of anilines is 2. The molecule has 0 amide bonds. The molecule has 5 heteroatoms. The highest BCUT2D eigenvalue weighted by Crippen LogP contribution is 2.28. The van der Waals surface area contributed by atoms with Crippen molar-refractivity contribution < 1.29 is 4.79 Å². The fourth-order valence-electron chi connectivity index (χ4n) is 2.57. The molecule has 0 spiro atoms. The summed E-state index contributed by atoms with van der Waals surface area (Å²) in [6.45, 7) is 3.58. The number of hydrogen-bond acceptors (Lipinski definition) is 4. The lowest BCUT2D eigenvalue weighted by Crippen LogP contribution is -2.46. The smallest absolute Gasteiger partial charge is 0.150 e. The van der Waals surface area contributed by atoms with Crippen molar-refractivity contribution in [3.63, 3.8) is 0 Å². The highest BCUT2D eigenvalue weighted by molar-refractivity contribution is 6.33. The lowest BCUT2D eigenvalue weighted by Gasteiger charge is -2.37. The summed E-state index contributed by atoms with van der Waals surface area (Å²) >= 11 is 6.27.